The third-order valence-corrected chi connectivity index (χ3v) is 5.11. The highest BCUT2D eigenvalue weighted by molar-refractivity contribution is 7.89. The summed E-state index contributed by atoms with van der Waals surface area (Å²) in [5.41, 5.74) is 0.601. The van der Waals surface area contributed by atoms with Gasteiger partial charge in [-0.2, -0.15) is 0 Å². The third kappa shape index (κ3) is 4.16. The van der Waals surface area contributed by atoms with Crippen LogP contribution in [0.3, 0.4) is 0 Å². The van der Waals surface area contributed by atoms with Gasteiger partial charge in [-0.05, 0) is 25.7 Å². The number of para-hydroxylation sites is 1. The lowest BCUT2D eigenvalue weighted by atomic mass is 10.2. The molecule has 1 aliphatic heterocycles. The van der Waals surface area contributed by atoms with Crippen LogP contribution in [-0.4, -0.2) is 59.3 Å². The van der Waals surface area contributed by atoms with Crippen molar-refractivity contribution in [2.45, 2.75) is 17.9 Å². The molecule has 2 N–H and O–H groups in total. The van der Waals surface area contributed by atoms with Crippen LogP contribution in [0.2, 0.25) is 0 Å². The third-order valence-electron chi connectivity index (χ3n) is 3.64. The van der Waals surface area contributed by atoms with E-state index in [1.807, 2.05) is 6.07 Å². The van der Waals surface area contributed by atoms with Gasteiger partial charge in [0.2, 0.25) is 10.0 Å². The molecule has 0 aliphatic carbocycles. The number of anilines is 1. The molecule has 1 saturated heterocycles. The minimum atomic E-state index is -3.46. The van der Waals surface area contributed by atoms with Gasteiger partial charge in [-0.15, -0.1) is 0 Å². The molecular weight excluding hydrogens is 290 g/mol. The average Bonchev–Trinajstić information content (AvgIpc) is 2.53. The molecule has 0 saturated carbocycles. The van der Waals surface area contributed by atoms with Crippen molar-refractivity contribution in [1.29, 1.82) is 0 Å². The molecule has 1 aliphatic rings. The summed E-state index contributed by atoms with van der Waals surface area (Å²) in [5, 5.41) is 3.20. The second-order valence-electron chi connectivity index (χ2n) is 4.97. The minimum Gasteiger partial charge on any atom is -0.381 e. The maximum absolute atomic E-state index is 12.0. The summed E-state index contributed by atoms with van der Waals surface area (Å²) in [4.78, 5) is 2.59. The quantitative estimate of drug-likeness (QED) is 0.810. The molecule has 118 valence electrons. The molecule has 0 aromatic heterocycles. The Morgan fingerprint density at radius 2 is 2.14 bits per heavy atom. The number of likely N-dealkylation sites (N-methyl/N-ethyl adjacent to an activating group) is 1. The number of benzene rings is 1. The van der Waals surface area contributed by atoms with Crippen LogP contribution >= 0.6 is 0 Å². The molecule has 1 atom stereocenters. The summed E-state index contributed by atoms with van der Waals surface area (Å²) in [6.07, 6.45) is 0.0732. The van der Waals surface area contributed by atoms with E-state index in [4.69, 9.17) is 4.74 Å². The highest BCUT2D eigenvalue weighted by Crippen LogP contribution is 2.20. The van der Waals surface area contributed by atoms with Crippen LogP contribution < -0.4 is 10.0 Å². The van der Waals surface area contributed by atoms with Gasteiger partial charge in [0, 0.05) is 19.6 Å². The summed E-state index contributed by atoms with van der Waals surface area (Å²) in [6.45, 7) is 6.26. The molecule has 21 heavy (non-hydrogen) atoms. The first-order valence-corrected chi connectivity index (χ1v) is 8.65. The van der Waals surface area contributed by atoms with E-state index in [9.17, 15) is 8.42 Å². The van der Waals surface area contributed by atoms with Gasteiger partial charge in [0.1, 0.15) is 4.90 Å². The molecule has 1 heterocycles. The van der Waals surface area contributed by atoms with Gasteiger partial charge >= 0.3 is 0 Å². The van der Waals surface area contributed by atoms with Gasteiger partial charge in [0.05, 0.1) is 18.4 Å². The molecule has 1 aromatic carbocycles. The van der Waals surface area contributed by atoms with Crippen molar-refractivity contribution in [3.63, 3.8) is 0 Å². The number of sulfonamides is 1. The van der Waals surface area contributed by atoms with E-state index >= 15 is 0 Å². The molecule has 1 unspecified atom stereocenters. The monoisotopic (exact) mass is 313 g/mol. The first kappa shape index (κ1) is 16.2. The molecule has 0 radical (unpaired) electrons. The summed E-state index contributed by atoms with van der Waals surface area (Å²) in [7, 11) is -2.05. The topological polar surface area (TPSA) is 70.7 Å². The fourth-order valence-electron chi connectivity index (χ4n) is 2.37. The van der Waals surface area contributed by atoms with E-state index in [-0.39, 0.29) is 11.0 Å². The van der Waals surface area contributed by atoms with E-state index in [2.05, 4.69) is 21.9 Å². The number of nitrogens with one attached hydrogen (secondary N) is 2. The summed E-state index contributed by atoms with van der Waals surface area (Å²) >= 11 is 0. The Hall–Kier alpha value is -1.15. The lowest BCUT2D eigenvalue weighted by molar-refractivity contribution is -0.0192. The molecule has 0 bridgehead atoms. The second-order valence-corrected chi connectivity index (χ2v) is 6.83. The number of nitrogens with zero attached hydrogens (tertiary/aromatic N) is 1. The Morgan fingerprint density at radius 3 is 2.86 bits per heavy atom. The molecule has 0 amide bonds. The summed E-state index contributed by atoms with van der Waals surface area (Å²) in [6, 6.07) is 6.89. The fraction of sp³-hybridized carbons (Fsp3) is 0.571. The van der Waals surface area contributed by atoms with Crippen LogP contribution in [0.15, 0.2) is 29.2 Å². The normalized spacial score (nSPS) is 20.4. The van der Waals surface area contributed by atoms with Gasteiger partial charge in [-0.25, -0.2) is 13.1 Å². The van der Waals surface area contributed by atoms with Crippen molar-refractivity contribution in [2.24, 2.45) is 0 Å². The Labute approximate surface area is 126 Å². The summed E-state index contributed by atoms with van der Waals surface area (Å²) in [5.74, 6) is 0. The highest BCUT2D eigenvalue weighted by Gasteiger charge is 2.21. The van der Waals surface area contributed by atoms with Crippen molar-refractivity contribution in [3.05, 3.63) is 24.3 Å². The Morgan fingerprint density at radius 1 is 1.38 bits per heavy atom. The first-order valence-electron chi connectivity index (χ1n) is 7.17. The molecule has 1 fully saturated rings. The van der Waals surface area contributed by atoms with E-state index in [0.29, 0.717) is 12.2 Å². The van der Waals surface area contributed by atoms with Crippen LogP contribution in [0.1, 0.15) is 6.92 Å². The Balaban J connectivity index is 2.04. The van der Waals surface area contributed by atoms with Crippen molar-refractivity contribution >= 4 is 15.7 Å². The summed E-state index contributed by atoms with van der Waals surface area (Å²) < 4.78 is 32.0. The molecule has 0 spiro atoms. The lowest BCUT2D eigenvalue weighted by Crippen LogP contribution is -2.45. The van der Waals surface area contributed by atoms with Crippen LogP contribution in [0, 0.1) is 0 Å². The van der Waals surface area contributed by atoms with Crippen LogP contribution in [-0.2, 0) is 14.8 Å². The SMILES string of the molecule is CCN1CCOC(CNc2ccccc2S(=O)(=O)NC)C1. The number of ether oxygens (including phenoxy) is 1. The molecule has 6 nitrogen and oxygen atoms in total. The minimum absolute atomic E-state index is 0.0732. The highest BCUT2D eigenvalue weighted by atomic mass is 32.2. The average molecular weight is 313 g/mol. The molecular formula is C14H23N3O3S. The van der Waals surface area contributed by atoms with E-state index < -0.39 is 10.0 Å². The zero-order valence-corrected chi connectivity index (χ0v) is 13.3. The van der Waals surface area contributed by atoms with E-state index in [0.717, 1.165) is 26.2 Å². The second kappa shape index (κ2) is 7.22. The standard InChI is InChI=1S/C14H23N3O3S/c1-3-17-8-9-20-12(11-17)10-16-13-6-4-5-7-14(13)21(18,19)15-2/h4-7,12,15-16H,3,8-11H2,1-2H3. The van der Waals surface area contributed by atoms with Crippen LogP contribution in [0.4, 0.5) is 5.69 Å². The number of morpholine rings is 1. The van der Waals surface area contributed by atoms with E-state index in [1.165, 1.54) is 7.05 Å². The van der Waals surface area contributed by atoms with Crippen LogP contribution in [0.25, 0.3) is 0 Å². The molecule has 7 heteroatoms. The smallest absolute Gasteiger partial charge is 0.242 e. The number of hydrogen-bond donors (Lipinski definition) is 2. The van der Waals surface area contributed by atoms with Gasteiger partial charge in [-0.1, -0.05) is 19.1 Å². The van der Waals surface area contributed by atoms with Crippen molar-refractivity contribution in [1.82, 2.24) is 9.62 Å². The zero-order valence-electron chi connectivity index (χ0n) is 12.5. The maximum atomic E-state index is 12.0. The fourth-order valence-corrected chi connectivity index (χ4v) is 3.28. The largest absolute Gasteiger partial charge is 0.381 e. The predicted octanol–water partition coefficient (Wildman–Crippen LogP) is 0.727. The Bertz CT molecular complexity index is 562. The number of hydrogen-bond acceptors (Lipinski definition) is 5. The van der Waals surface area contributed by atoms with Gasteiger partial charge in [0.25, 0.3) is 0 Å². The molecule has 1 aromatic rings. The van der Waals surface area contributed by atoms with Gasteiger partial charge in [-0.3, -0.25) is 4.90 Å². The first-order chi connectivity index (χ1) is 10.1. The van der Waals surface area contributed by atoms with Crippen molar-refractivity contribution in [2.75, 3.05) is 45.2 Å². The predicted molar refractivity (Wildman–Crippen MR) is 83.0 cm³/mol. The Kier molecular flexibility index (Phi) is 5.58. The van der Waals surface area contributed by atoms with Gasteiger partial charge in [0.15, 0.2) is 0 Å². The maximum Gasteiger partial charge on any atom is 0.242 e. The zero-order chi connectivity index (χ0) is 15.3. The lowest BCUT2D eigenvalue weighted by Gasteiger charge is -2.32. The van der Waals surface area contributed by atoms with Crippen molar-refractivity contribution < 1.29 is 13.2 Å². The number of rotatable bonds is 6. The van der Waals surface area contributed by atoms with Crippen molar-refractivity contribution in [3.8, 4) is 0 Å². The van der Waals surface area contributed by atoms with Gasteiger partial charge < -0.3 is 10.1 Å². The van der Waals surface area contributed by atoms with E-state index in [1.54, 1.807) is 18.2 Å². The molecule has 2 rings (SSSR count). The van der Waals surface area contributed by atoms with Crippen LogP contribution in [0.5, 0.6) is 0 Å².